The maximum absolute atomic E-state index is 13.1. The van der Waals surface area contributed by atoms with Crippen LogP contribution in [-0.4, -0.2) is 60.6 Å². The number of piperidine rings is 1. The number of pyridine rings is 1. The fraction of sp³-hybridized carbons (Fsp3) is 0.276. The van der Waals surface area contributed by atoms with Gasteiger partial charge in [0.05, 0.1) is 23.9 Å². The molecule has 0 saturated carbocycles. The highest BCUT2D eigenvalue weighted by molar-refractivity contribution is 5.92. The minimum atomic E-state index is -0.379. The molecular formula is C29H31N5O3. The molecule has 1 atom stereocenters. The van der Waals surface area contributed by atoms with E-state index >= 15 is 0 Å². The van der Waals surface area contributed by atoms with Crippen LogP contribution in [0.4, 0.5) is 16.2 Å². The van der Waals surface area contributed by atoms with E-state index in [2.05, 4.69) is 9.72 Å². The molecule has 1 aliphatic rings. The van der Waals surface area contributed by atoms with E-state index in [4.69, 9.17) is 9.72 Å². The molecule has 2 aromatic carbocycles. The maximum atomic E-state index is 13.1. The molecule has 0 spiro atoms. The second-order valence-corrected chi connectivity index (χ2v) is 9.50. The van der Waals surface area contributed by atoms with Crippen molar-refractivity contribution < 1.29 is 14.3 Å². The number of benzene rings is 2. The van der Waals surface area contributed by atoms with Gasteiger partial charge in [-0.25, -0.2) is 14.6 Å². The third-order valence-corrected chi connectivity index (χ3v) is 6.84. The standard InChI is InChI=1S/C29H31N5O3/c1-32(2)24-14-12-23(13-15-24)30-29(36)33-16-7-10-22(19-33)27-31-26(25-11-4-5-17-34(25)27)20-8-6-9-21(18-20)28(35)37-3/h4-6,8-9,11-15,17-18,22H,7,10,16,19H2,1-3H3,(H,30,36). The van der Waals surface area contributed by atoms with Crippen LogP contribution in [-0.2, 0) is 4.74 Å². The highest BCUT2D eigenvalue weighted by atomic mass is 16.5. The Morgan fingerprint density at radius 1 is 1.05 bits per heavy atom. The fourth-order valence-electron chi connectivity index (χ4n) is 4.89. The van der Waals surface area contributed by atoms with Gasteiger partial charge in [-0.15, -0.1) is 0 Å². The zero-order valence-corrected chi connectivity index (χ0v) is 21.3. The number of amides is 2. The molecule has 1 N–H and O–H groups in total. The molecule has 0 bridgehead atoms. The molecule has 1 aliphatic heterocycles. The van der Waals surface area contributed by atoms with Gasteiger partial charge in [-0.1, -0.05) is 18.2 Å². The summed E-state index contributed by atoms with van der Waals surface area (Å²) < 4.78 is 7.00. The number of fused-ring (bicyclic) bond motifs is 1. The van der Waals surface area contributed by atoms with Gasteiger partial charge >= 0.3 is 12.0 Å². The van der Waals surface area contributed by atoms with Gasteiger partial charge in [-0.05, 0) is 61.4 Å². The summed E-state index contributed by atoms with van der Waals surface area (Å²) in [6.45, 7) is 1.28. The second kappa shape index (κ2) is 10.3. The summed E-state index contributed by atoms with van der Waals surface area (Å²) in [6, 6.07) is 21.1. The number of nitrogens with zero attached hydrogens (tertiary/aromatic N) is 4. The van der Waals surface area contributed by atoms with E-state index in [9.17, 15) is 9.59 Å². The minimum Gasteiger partial charge on any atom is -0.465 e. The Hall–Kier alpha value is -4.33. The van der Waals surface area contributed by atoms with Crippen molar-refractivity contribution in [1.29, 1.82) is 0 Å². The number of likely N-dealkylation sites (tertiary alicyclic amines) is 1. The molecule has 1 unspecified atom stereocenters. The van der Waals surface area contributed by atoms with Gasteiger partial charge in [-0.3, -0.25) is 0 Å². The molecule has 4 aromatic rings. The second-order valence-electron chi connectivity index (χ2n) is 9.50. The molecule has 2 amide bonds. The van der Waals surface area contributed by atoms with Crippen molar-refractivity contribution in [2.75, 3.05) is 44.5 Å². The maximum Gasteiger partial charge on any atom is 0.337 e. The van der Waals surface area contributed by atoms with Gasteiger partial charge in [0.1, 0.15) is 5.82 Å². The van der Waals surface area contributed by atoms with Crippen LogP contribution in [0.1, 0.15) is 34.9 Å². The number of methoxy groups -OCH3 is 1. The highest BCUT2D eigenvalue weighted by Gasteiger charge is 2.29. The molecule has 1 fully saturated rings. The van der Waals surface area contributed by atoms with Crippen molar-refractivity contribution in [2.45, 2.75) is 18.8 Å². The summed E-state index contributed by atoms with van der Waals surface area (Å²) in [5, 5.41) is 3.04. The first-order chi connectivity index (χ1) is 17.9. The van der Waals surface area contributed by atoms with Gasteiger partial charge in [0.15, 0.2) is 0 Å². The van der Waals surface area contributed by atoms with Crippen LogP contribution in [0.15, 0.2) is 72.9 Å². The lowest BCUT2D eigenvalue weighted by molar-refractivity contribution is 0.0600. The Labute approximate surface area is 216 Å². The molecule has 8 nitrogen and oxygen atoms in total. The molecule has 2 aromatic heterocycles. The summed E-state index contributed by atoms with van der Waals surface area (Å²) in [6.07, 6.45) is 3.85. The van der Waals surface area contributed by atoms with Crippen LogP contribution in [0.3, 0.4) is 0 Å². The SMILES string of the molecule is COC(=O)c1cccc(-c2nc(C3CCCN(C(=O)Nc4ccc(N(C)C)cc4)C3)n3ccccc23)c1. The number of carbonyl (C=O) groups is 2. The normalized spacial score (nSPS) is 15.4. The summed E-state index contributed by atoms with van der Waals surface area (Å²) >= 11 is 0. The van der Waals surface area contributed by atoms with Crippen LogP contribution in [0.2, 0.25) is 0 Å². The van der Waals surface area contributed by atoms with E-state index in [-0.39, 0.29) is 17.9 Å². The Balaban J connectivity index is 1.40. The van der Waals surface area contributed by atoms with Gasteiger partial charge in [0.25, 0.3) is 0 Å². The number of hydrogen-bond donors (Lipinski definition) is 1. The Morgan fingerprint density at radius 2 is 1.86 bits per heavy atom. The van der Waals surface area contributed by atoms with Crippen molar-refractivity contribution >= 4 is 28.9 Å². The van der Waals surface area contributed by atoms with Crippen LogP contribution in [0.5, 0.6) is 0 Å². The third kappa shape index (κ3) is 5.00. The lowest BCUT2D eigenvalue weighted by Gasteiger charge is -2.32. The van der Waals surface area contributed by atoms with Crippen molar-refractivity contribution in [1.82, 2.24) is 14.3 Å². The average Bonchev–Trinajstić information content (AvgIpc) is 3.33. The van der Waals surface area contributed by atoms with Crippen molar-refractivity contribution in [3.8, 4) is 11.3 Å². The summed E-state index contributed by atoms with van der Waals surface area (Å²) in [5.74, 6) is 0.626. The lowest BCUT2D eigenvalue weighted by Crippen LogP contribution is -2.42. The highest BCUT2D eigenvalue weighted by Crippen LogP contribution is 2.32. The number of hydrogen-bond acceptors (Lipinski definition) is 5. The van der Waals surface area contributed by atoms with Gasteiger partial charge < -0.3 is 24.3 Å². The first kappa shape index (κ1) is 24.4. The number of aromatic nitrogens is 2. The van der Waals surface area contributed by atoms with E-state index in [1.54, 1.807) is 6.07 Å². The zero-order valence-electron chi connectivity index (χ0n) is 21.3. The number of nitrogens with one attached hydrogen (secondary N) is 1. The topological polar surface area (TPSA) is 79.2 Å². The first-order valence-electron chi connectivity index (χ1n) is 12.4. The van der Waals surface area contributed by atoms with Crippen molar-refractivity contribution in [3.05, 3.63) is 84.3 Å². The number of imidazole rings is 1. The van der Waals surface area contributed by atoms with E-state index in [0.717, 1.165) is 46.8 Å². The molecule has 8 heteroatoms. The molecule has 190 valence electrons. The van der Waals surface area contributed by atoms with Gasteiger partial charge in [-0.2, -0.15) is 0 Å². The summed E-state index contributed by atoms with van der Waals surface area (Å²) in [4.78, 5) is 34.2. The van der Waals surface area contributed by atoms with Crippen LogP contribution in [0.25, 0.3) is 16.8 Å². The van der Waals surface area contributed by atoms with Crippen molar-refractivity contribution in [3.63, 3.8) is 0 Å². The minimum absolute atomic E-state index is 0.0862. The van der Waals surface area contributed by atoms with Gasteiger partial charge in [0.2, 0.25) is 0 Å². The third-order valence-electron chi connectivity index (χ3n) is 6.84. The summed E-state index contributed by atoms with van der Waals surface area (Å²) in [5.41, 5.74) is 4.96. The fourth-order valence-corrected chi connectivity index (χ4v) is 4.89. The predicted molar refractivity (Wildman–Crippen MR) is 145 cm³/mol. The van der Waals surface area contributed by atoms with E-state index in [0.29, 0.717) is 18.7 Å². The number of rotatable bonds is 5. The number of anilines is 2. The Kier molecular flexibility index (Phi) is 6.81. The molecule has 37 heavy (non-hydrogen) atoms. The Bertz CT molecular complexity index is 1430. The zero-order chi connectivity index (χ0) is 25.9. The molecule has 5 rings (SSSR count). The molecular weight excluding hydrogens is 466 g/mol. The van der Waals surface area contributed by atoms with E-state index < -0.39 is 0 Å². The number of esters is 1. The largest absolute Gasteiger partial charge is 0.465 e. The van der Waals surface area contributed by atoms with Crippen molar-refractivity contribution in [2.24, 2.45) is 0 Å². The van der Waals surface area contributed by atoms with Crippen LogP contribution in [0, 0.1) is 0 Å². The van der Waals surface area contributed by atoms with E-state index in [1.165, 1.54) is 7.11 Å². The average molecular weight is 498 g/mol. The molecule has 1 saturated heterocycles. The van der Waals surface area contributed by atoms with Crippen LogP contribution < -0.4 is 10.2 Å². The molecule has 0 aliphatic carbocycles. The smallest absolute Gasteiger partial charge is 0.337 e. The predicted octanol–water partition coefficient (Wildman–Crippen LogP) is 5.27. The van der Waals surface area contributed by atoms with Gasteiger partial charge in [0, 0.05) is 56.2 Å². The number of carbonyl (C=O) groups excluding carboxylic acids is 2. The number of ether oxygens (including phenoxy) is 1. The molecule has 0 radical (unpaired) electrons. The first-order valence-corrected chi connectivity index (χ1v) is 12.4. The number of urea groups is 1. The molecule has 3 heterocycles. The summed E-state index contributed by atoms with van der Waals surface area (Å²) in [7, 11) is 5.35. The Morgan fingerprint density at radius 3 is 2.62 bits per heavy atom. The monoisotopic (exact) mass is 497 g/mol. The lowest BCUT2D eigenvalue weighted by atomic mass is 9.97. The quantitative estimate of drug-likeness (QED) is 0.380. The van der Waals surface area contributed by atoms with Crippen LogP contribution >= 0.6 is 0 Å². The van der Waals surface area contributed by atoms with E-state index in [1.807, 2.05) is 90.8 Å².